The molecular formula is C17H20N2O. The summed E-state index contributed by atoms with van der Waals surface area (Å²) in [6.07, 6.45) is 0.876. The van der Waals surface area contributed by atoms with E-state index >= 15 is 0 Å². The minimum atomic E-state index is -0.149. The Bertz CT molecular complexity index is 627. The molecule has 0 heterocycles. The van der Waals surface area contributed by atoms with E-state index in [2.05, 4.69) is 12.2 Å². The van der Waals surface area contributed by atoms with Crippen molar-refractivity contribution >= 4 is 17.3 Å². The molecule has 0 saturated carbocycles. The summed E-state index contributed by atoms with van der Waals surface area (Å²) in [6.45, 7) is 5.96. The van der Waals surface area contributed by atoms with E-state index in [1.165, 1.54) is 0 Å². The number of nitrogens with one attached hydrogen (secondary N) is 1. The number of aryl methyl sites for hydroxylation is 3. The Kier molecular flexibility index (Phi) is 4.08. The highest BCUT2D eigenvalue weighted by atomic mass is 16.1. The summed E-state index contributed by atoms with van der Waals surface area (Å²) in [5, 5.41) is 3.01. The molecule has 0 spiro atoms. The molecule has 0 aliphatic carbocycles. The van der Waals surface area contributed by atoms with Crippen LogP contribution in [0.3, 0.4) is 0 Å². The number of amides is 1. The number of para-hydroxylation sites is 1. The monoisotopic (exact) mass is 268 g/mol. The lowest BCUT2D eigenvalue weighted by atomic mass is 10.0. The second kappa shape index (κ2) is 5.78. The third-order valence-electron chi connectivity index (χ3n) is 3.51. The zero-order valence-electron chi connectivity index (χ0n) is 12.2. The number of hydrogen-bond acceptors (Lipinski definition) is 2. The molecule has 2 rings (SSSR count). The summed E-state index contributed by atoms with van der Waals surface area (Å²) >= 11 is 0. The topological polar surface area (TPSA) is 55.1 Å². The van der Waals surface area contributed by atoms with Crippen LogP contribution in [-0.4, -0.2) is 5.91 Å². The fraction of sp³-hybridized carbons (Fsp3) is 0.235. The lowest BCUT2D eigenvalue weighted by Gasteiger charge is -2.15. The van der Waals surface area contributed by atoms with E-state index in [9.17, 15) is 4.79 Å². The highest BCUT2D eigenvalue weighted by Crippen LogP contribution is 2.24. The number of carbonyl (C=O) groups is 1. The van der Waals surface area contributed by atoms with Crippen LogP contribution >= 0.6 is 0 Å². The standard InChI is InChI=1S/C17H20N2O/c1-4-13-9-5-8-12(3)16(13)19-17(20)15-11(2)7-6-10-14(15)18/h5-10H,4,18H2,1-3H3,(H,19,20). The SMILES string of the molecule is CCc1cccc(C)c1NC(=O)c1c(C)cccc1N. The second-order valence-corrected chi connectivity index (χ2v) is 4.96. The van der Waals surface area contributed by atoms with Crippen LogP contribution in [0.2, 0.25) is 0 Å². The van der Waals surface area contributed by atoms with E-state index in [1.807, 2.05) is 44.2 Å². The number of benzene rings is 2. The highest BCUT2D eigenvalue weighted by Gasteiger charge is 2.15. The molecule has 0 bridgehead atoms. The van der Waals surface area contributed by atoms with Crippen molar-refractivity contribution < 1.29 is 4.79 Å². The smallest absolute Gasteiger partial charge is 0.258 e. The quantitative estimate of drug-likeness (QED) is 0.834. The van der Waals surface area contributed by atoms with Crippen molar-refractivity contribution in [1.82, 2.24) is 0 Å². The number of hydrogen-bond donors (Lipinski definition) is 2. The zero-order chi connectivity index (χ0) is 14.7. The largest absolute Gasteiger partial charge is 0.398 e. The van der Waals surface area contributed by atoms with Crippen molar-refractivity contribution in [2.45, 2.75) is 27.2 Å². The molecule has 1 amide bonds. The summed E-state index contributed by atoms with van der Waals surface area (Å²) in [5.41, 5.74) is 11.0. The van der Waals surface area contributed by atoms with Crippen LogP contribution in [0.25, 0.3) is 0 Å². The second-order valence-electron chi connectivity index (χ2n) is 4.96. The highest BCUT2D eigenvalue weighted by molar-refractivity contribution is 6.09. The summed E-state index contributed by atoms with van der Waals surface area (Å²) in [6, 6.07) is 11.5. The molecule has 3 heteroatoms. The number of rotatable bonds is 3. The molecule has 20 heavy (non-hydrogen) atoms. The van der Waals surface area contributed by atoms with Crippen LogP contribution in [0, 0.1) is 13.8 Å². The maximum atomic E-state index is 12.5. The first-order valence-electron chi connectivity index (χ1n) is 6.79. The van der Waals surface area contributed by atoms with Gasteiger partial charge in [-0.1, -0.05) is 37.3 Å². The molecule has 104 valence electrons. The fourth-order valence-corrected chi connectivity index (χ4v) is 2.38. The minimum Gasteiger partial charge on any atom is -0.398 e. The van der Waals surface area contributed by atoms with Gasteiger partial charge in [-0.25, -0.2) is 0 Å². The van der Waals surface area contributed by atoms with Gasteiger partial charge in [-0.3, -0.25) is 4.79 Å². The Morgan fingerprint density at radius 3 is 2.40 bits per heavy atom. The van der Waals surface area contributed by atoms with E-state index < -0.39 is 0 Å². The summed E-state index contributed by atoms with van der Waals surface area (Å²) in [4.78, 5) is 12.5. The van der Waals surface area contributed by atoms with Gasteiger partial charge in [-0.2, -0.15) is 0 Å². The minimum absolute atomic E-state index is 0.149. The molecule has 3 N–H and O–H groups in total. The Hall–Kier alpha value is -2.29. The lowest BCUT2D eigenvalue weighted by Crippen LogP contribution is -2.17. The van der Waals surface area contributed by atoms with Crippen molar-refractivity contribution in [3.8, 4) is 0 Å². The summed E-state index contributed by atoms with van der Waals surface area (Å²) in [5.74, 6) is -0.149. The first-order valence-corrected chi connectivity index (χ1v) is 6.79. The molecule has 0 aromatic heterocycles. The normalized spacial score (nSPS) is 10.3. The molecule has 0 radical (unpaired) electrons. The Morgan fingerprint density at radius 2 is 1.75 bits per heavy atom. The van der Waals surface area contributed by atoms with Gasteiger partial charge in [0.2, 0.25) is 0 Å². The van der Waals surface area contributed by atoms with Crippen LogP contribution in [0.15, 0.2) is 36.4 Å². The maximum Gasteiger partial charge on any atom is 0.258 e. The molecule has 0 aliphatic rings. The van der Waals surface area contributed by atoms with E-state index in [4.69, 9.17) is 5.73 Å². The molecule has 2 aromatic rings. The predicted octanol–water partition coefficient (Wildman–Crippen LogP) is 3.70. The average molecular weight is 268 g/mol. The molecule has 0 unspecified atom stereocenters. The molecule has 2 aromatic carbocycles. The van der Waals surface area contributed by atoms with E-state index in [-0.39, 0.29) is 5.91 Å². The number of carbonyl (C=O) groups excluding carboxylic acids is 1. The van der Waals surface area contributed by atoms with Gasteiger partial charge in [-0.15, -0.1) is 0 Å². The van der Waals surface area contributed by atoms with Crippen molar-refractivity contribution in [2.75, 3.05) is 11.1 Å². The van der Waals surface area contributed by atoms with E-state index in [1.54, 1.807) is 6.07 Å². The zero-order valence-corrected chi connectivity index (χ0v) is 12.2. The van der Waals surface area contributed by atoms with Gasteiger partial charge in [0.25, 0.3) is 5.91 Å². The lowest BCUT2D eigenvalue weighted by molar-refractivity contribution is 0.102. The molecule has 0 saturated heterocycles. The van der Waals surface area contributed by atoms with Gasteiger partial charge in [0, 0.05) is 11.4 Å². The van der Waals surface area contributed by atoms with Crippen molar-refractivity contribution in [1.29, 1.82) is 0 Å². The Morgan fingerprint density at radius 1 is 1.10 bits per heavy atom. The van der Waals surface area contributed by atoms with Gasteiger partial charge in [-0.05, 0) is 43.0 Å². The third kappa shape index (κ3) is 2.67. The molecule has 0 fully saturated rings. The van der Waals surface area contributed by atoms with Crippen LogP contribution < -0.4 is 11.1 Å². The van der Waals surface area contributed by atoms with Gasteiger partial charge in [0.15, 0.2) is 0 Å². The number of anilines is 2. The first-order chi connectivity index (χ1) is 9.54. The fourth-order valence-electron chi connectivity index (χ4n) is 2.38. The van der Waals surface area contributed by atoms with Crippen LogP contribution in [0.4, 0.5) is 11.4 Å². The summed E-state index contributed by atoms with van der Waals surface area (Å²) < 4.78 is 0. The Balaban J connectivity index is 2.38. The van der Waals surface area contributed by atoms with Gasteiger partial charge < -0.3 is 11.1 Å². The van der Waals surface area contributed by atoms with Crippen molar-refractivity contribution in [3.05, 3.63) is 58.7 Å². The average Bonchev–Trinajstić information content (AvgIpc) is 2.41. The molecule has 0 atom stereocenters. The van der Waals surface area contributed by atoms with Crippen LogP contribution in [-0.2, 0) is 6.42 Å². The van der Waals surface area contributed by atoms with Crippen molar-refractivity contribution in [2.24, 2.45) is 0 Å². The third-order valence-corrected chi connectivity index (χ3v) is 3.51. The Labute approximate surface area is 119 Å². The molecule has 0 aliphatic heterocycles. The van der Waals surface area contributed by atoms with Crippen LogP contribution in [0.5, 0.6) is 0 Å². The van der Waals surface area contributed by atoms with Gasteiger partial charge >= 0.3 is 0 Å². The number of nitrogen functional groups attached to an aromatic ring is 1. The summed E-state index contributed by atoms with van der Waals surface area (Å²) in [7, 11) is 0. The van der Waals surface area contributed by atoms with E-state index in [0.29, 0.717) is 11.3 Å². The number of nitrogens with two attached hydrogens (primary N) is 1. The maximum absolute atomic E-state index is 12.5. The molecule has 3 nitrogen and oxygen atoms in total. The van der Waals surface area contributed by atoms with Crippen molar-refractivity contribution in [3.63, 3.8) is 0 Å². The van der Waals surface area contributed by atoms with Gasteiger partial charge in [0.1, 0.15) is 0 Å². The van der Waals surface area contributed by atoms with Crippen LogP contribution in [0.1, 0.15) is 34.0 Å². The predicted molar refractivity (Wildman–Crippen MR) is 84.1 cm³/mol. The molecular weight excluding hydrogens is 248 g/mol. The van der Waals surface area contributed by atoms with E-state index in [0.717, 1.165) is 28.8 Å². The first kappa shape index (κ1) is 14.1. The van der Waals surface area contributed by atoms with Gasteiger partial charge in [0.05, 0.1) is 5.56 Å².